The van der Waals surface area contributed by atoms with Crippen LogP contribution in [-0.2, 0) is 32.3 Å². The second-order valence-electron chi connectivity index (χ2n) is 10.1. The Kier molecular flexibility index (Phi) is 11.0. The van der Waals surface area contributed by atoms with Crippen LogP contribution < -0.4 is 9.62 Å². The maximum atomic E-state index is 13.9. The number of nitrogens with one attached hydrogen (secondary N) is 1. The van der Waals surface area contributed by atoms with Gasteiger partial charge < -0.3 is 10.2 Å². The van der Waals surface area contributed by atoms with Gasteiger partial charge in [0.2, 0.25) is 11.8 Å². The minimum Gasteiger partial charge on any atom is -0.352 e. The molecule has 0 spiro atoms. The largest absolute Gasteiger partial charge is 0.417 e. The van der Waals surface area contributed by atoms with Crippen LogP contribution in [0.4, 0.5) is 18.9 Å². The van der Waals surface area contributed by atoms with Crippen LogP contribution in [-0.4, -0.2) is 43.8 Å². The molecule has 2 amide bonds. The average molecular weight is 679 g/mol. The highest BCUT2D eigenvalue weighted by molar-refractivity contribution is 7.92. The molecule has 0 aliphatic rings. The first kappa shape index (κ1) is 34.5. The third-order valence-electron chi connectivity index (χ3n) is 6.39. The third kappa shape index (κ3) is 8.56. The zero-order valence-electron chi connectivity index (χ0n) is 23.5. The van der Waals surface area contributed by atoms with E-state index < -0.39 is 56.9 Å². The number of sulfonamides is 1. The lowest BCUT2D eigenvalue weighted by atomic mass is 10.1. The maximum Gasteiger partial charge on any atom is 0.417 e. The lowest BCUT2D eigenvalue weighted by molar-refractivity contribution is -0.139. The van der Waals surface area contributed by atoms with Crippen molar-refractivity contribution < 1.29 is 31.2 Å². The molecule has 0 aliphatic carbocycles. The molecule has 43 heavy (non-hydrogen) atoms. The molecule has 0 fully saturated rings. The fourth-order valence-corrected chi connectivity index (χ4v) is 6.17. The summed E-state index contributed by atoms with van der Waals surface area (Å²) in [6, 6.07) is 11.3. The summed E-state index contributed by atoms with van der Waals surface area (Å²) in [4.78, 5) is 27.8. The topological polar surface area (TPSA) is 86.8 Å². The normalized spacial score (nSPS) is 12.6. The van der Waals surface area contributed by atoms with Gasteiger partial charge in [-0.3, -0.25) is 13.9 Å². The summed E-state index contributed by atoms with van der Waals surface area (Å²) in [5.74, 6) is -1.41. The molecule has 3 aromatic rings. The molecule has 0 radical (unpaired) electrons. The van der Waals surface area contributed by atoms with Crippen molar-refractivity contribution in [1.82, 2.24) is 10.2 Å². The zero-order chi connectivity index (χ0) is 32.3. The molecule has 3 aromatic carbocycles. The monoisotopic (exact) mass is 677 g/mol. The lowest BCUT2D eigenvalue weighted by Crippen LogP contribution is -2.52. The van der Waals surface area contributed by atoms with Crippen molar-refractivity contribution in [1.29, 1.82) is 0 Å². The summed E-state index contributed by atoms with van der Waals surface area (Å²) < 4.78 is 69.6. The molecule has 0 aromatic heterocycles. The molecule has 14 heteroatoms. The Morgan fingerprint density at radius 2 is 1.53 bits per heavy atom. The molecule has 1 N–H and O–H groups in total. The predicted molar refractivity (Wildman–Crippen MR) is 162 cm³/mol. The van der Waals surface area contributed by atoms with E-state index in [9.17, 15) is 31.2 Å². The Hall–Kier alpha value is -2.99. The number of hydrogen-bond acceptors (Lipinski definition) is 4. The molecule has 0 aliphatic heterocycles. The number of anilines is 1. The van der Waals surface area contributed by atoms with Crippen molar-refractivity contribution >= 4 is 62.3 Å². The first-order chi connectivity index (χ1) is 19.9. The predicted octanol–water partition coefficient (Wildman–Crippen LogP) is 7.11. The van der Waals surface area contributed by atoms with Gasteiger partial charge in [0.1, 0.15) is 12.6 Å². The Morgan fingerprint density at radius 3 is 2.09 bits per heavy atom. The summed E-state index contributed by atoms with van der Waals surface area (Å²) >= 11 is 18.1. The second-order valence-corrected chi connectivity index (χ2v) is 13.2. The van der Waals surface area contributed by atoms with Crippen molar-refractivity contribution in [2.75, 3.05) is 10.8 Å². The van der Waals surface area contributed by atoms with Crippen LogP contribution in [0, 0.1) is 6.92 Å². The quantitative estimate of drug-likeness (QED) is 0.248. The van der Waals surface area contributed by atoms with Crippen LogP contribution in [0.25, 0.3) is 0 Å². The van der Waals surface area contributed by atoms with E-state index in [4.69, 9.17) is 34.8 Å². The summed E-state index contributed by atoms with van der Waals surface area (Å²) in [5, 5.41) is 2.58. The Bertz CT molecular complexity index is 1600. The van der Waals surface area contributed by atoms with Crippen LogP contribution >= 0.6 is 34.8 Å². The molecule has 1 atom stereocenters. The third-order valence-corrected chi connectivity index (χ3v) is 9.09. The summed E-state index contributed by atoms with van der Waals surface area (Å²) in [6.45, 7) is 5.45. The van der Waals surface area contributed by atoms with Gasteiger partial charge in [0.05, 0.1) is 21.2 Å². The number of carbonyl (C=O) groups excluding carboxylic acids is 2. The van der Waals surface area contributed by atoms with Gasteiger partial charge in [0, 0.05) is 22.6 Å². The molecular weight excluding hydrogens is 650 g/mol. The van der Waals surface area contributed by atoms with Gasteiger partial charge in [0.15, 0.2) is 0 Å². The van der Waals surface area contributed by atoms with E-state index >= 15 is 0 Å². The van der Waals surface area contributed by atoms with E-state index in [0.29, 0.717) is 21.0 Å². The number of aryl methyl sites for hydroxylation is 1. The van der Waals surface area contributed by atoms with E-state index in [2.05, 4.69) is 5.32 Å². The van der Waals surface area contributed by atoms with Gasteiger partial charge in [-0.2, -0.15) is 13.2 Å². The summed E-state index contributed by atoms with van der Waals surface area (Å²) in [5.41, 5.74) is -0.585. The number of benzene rings is 3. The number of alkyl halides is 3. The Labute approximate surface area is 263 Å². The molecule has 232 valence electrons. The van der Waals surface area contributed by atoms with E-state index in [1.165, 1.54) is 43.3 Å². The molecule has 0 bridgehead atoms. The number of hydrogen-bond donors (Lipinski definition) is 1. The fourth-order valence-electron chi connectivity index (χ4n) is 4.07. The van der Waals surface area contributed by atoms with Crippen LogP contribution in [0.5, 0.6) is 0 Å². The van der Waals surface area contributed by atoms with Gasteiger partial charge in [-0.25, -0.2) is 8.42 Å². The SMILES string of the molecule is Cc1ccc(S(=O)(=O)N(CC(=O)N(Cc2ccc(Cl)cc2Cl)C(C)C(=O)NC(C)C)c2ccc(Cl)c(C(F)(F)F)c2)cc1. The fraction of sp³-hybridized carbons (Fsp3) is 0.310. The van der Waals surface area contributed by atoms with Gasteiger partial charge in [-0.1, -0.05) is 58.6 Å². The standard InChI is InChI=1S/C29H29Cl3F3N3O4S/c1-17(2)36-28(40)19(4)37(15-20-7-8-21(30)13-26(20)32)27(39)16-38(43(41,42)23-10-5-18(3)6-11-23)22-9-12-25(31)24(14-22)29(33,34)35/h5-14,17,19H,15-16H2,1-4H3,(H,36,40). The van der Waals surface area contributed by atoms with Gasteiger partial charge >= 0.3 is 6.18 Å². The van der Waals surface area contributed by atoms with Crippen molar-refractivity contribution in [2.24, 2.45) is 0 Å². The van der Waals surface area contributed by atoms with Crippen LogP contribution in [0.3, 0.4) is 0 Å². The smallest absolute Gasteiger partial charge is 0.352 e. The molecular formula is C29H29Cl3F3N3O4S. The highest BCUT2D eigenvalue weighted by Gasteiger charge is 2.37. The first-order valence-corrected chi connectivity index (χ1v) is 15.5. The minimum atomic E-state index is -4.91. The molecule has 1 unspecified atom stereocenters. The maximum absolute atomic E-state index is 13.9. The van der Waals surface area contributed by atoms with Crippen molar-refractivity contribution in [3.63, 3.8) is 0 Å². The Morgan fingerprint density at radius 1 is 0.907 bits per heavy atom. The minimum absolute atomic E-state index is 0.193. The number of halogens is 6. The van der Waals surface area contributed by atoms with E-state index in [-0.39, 0.29) is 22.5 Å². The first-order valence-electron chi connectivity index (χ1n) is 12.9. The molecule has 0 saturated heterocycles. The molecule has 7 nitrogen and oxygen atoms in total. The van der Waals surface area contributed by atoms with E-state index in [0.717, 1.165) is 22.6 Å². The number of amides is 2. The van der Waals surface area contributed by atoms with Crippen LogP contribution in [0.2, 0.25) is 15.1 Å². The van der Waals surface area contributed by atoms with E-state index in [1.54, 1.807) is 26.8 Å². The molecule has 0 saturated carbocycles. The van der Waals surface area contributed by atoms with Crippen molar-refractivity contribution in [2.45, 2.75) is 57.4 Å². The van der Waals surface area contributed by atoms with Crippen molar-refractivity contribution in [3.8, 4) is 0 Å². The molecule has 0 heterocycles. The van der Waals surface area contributed by atoms with Gasteiger partial charge in [-0.15, -0.1) is 0 Å². The zero-order valence-corrected chi connectivity index (χ0v) is 26.6. The van der Waals surface area contributed by atoms with Crippen LogP contribution in [0.1, 0.15) is 37.5 Å². The number of nitrogens with zero attached hydrogens (tertiary/aromatic N) is 2. The summed E-state index contributed by atoms with van der Waals surface area (Å²) in [6.07, 6.45) is -4.91. The van der Waals surface area contributed by atoms with Crippen molar-refractivity contribution in [3.05, 3.63) is 92.4 Å². The van der Waals surface area contributed by atoms with Crippen LogP contribution in [0.15, 0.2) is 65.6 Å². The summed E-state index contributed by atoms with van der Waals surface area (Å²) in [7, 11) is -4.59. The lowest BCUT2D eigenvalue weighted by Gasteiger charge is -2.32. The van der Waals surface area contributed by atoms with Gasteiger partial charge in [0.25, 0.3) is 10.0 Å². The highest BCUT2D eigenvalue weighted by Crippen LogP contribution is 2.38. The van der Waals surface area contributed by atoms with Gasteiger partial charge in [-0.05, 0) is 75.7 Å². The highest BCUT2D eigenvalue weighted by atomic mass is 35.5. The Balaban J connectivity index is 2.14. The second kappa shape index (κ2) is 13.8. The number of carbonyl (C=O) groups is 2. The molecule has 3 rings (SSSR count). The van der Waals surface area contributed by atoms with E-state index in [1.807, 2.05) is 0 Å². The number of rotatable bonds is 10. The average Bonchev–Trinajstić information content (AvgIpc) is 2.90.